The molecule has 0 saturated carbocycles. The molecule has 0 bridgehead atoms. The number of hydrogen-bond donors (Lipinski definition) is 1. The Hall–Kier alpha value is -1.96. The van der Waals surface area contributed by atoms with E-state index in [1.54, 1.807) is 24.3 Å². The minimum Gasteiger partial charge on any atom is -0.326 e. The predicted octanol–water partition coefficient (Wildman–Crippen LogP) is 4.05. The van der Waals surface area contributed by atoms with Crippen LogP contribution in [0.1, 0.15) is 25.7 Å². The lowest BCUT2D eigenvalue weighted by Gasteiger charge is -2.34. The van der Waals surface area contributed by atoms with Crippen LogP contribution < -0.4 is 5.32 Å². The van der Waals surface area contributed by atoms with E-state index in [-0.39, 0.29) is 17.2 Å². The van der Waals surface area contributed by atoms with E-state index in [4.69, 9.17) is 11.6 Å². The van der Waals surface area contributed by atoms with E-state index >= 15 is 0 Å². The summed E-state index contributed by atoms with van der Waals surface area (Å²) in [6.07, 6.45) is 2.25. The maximum Gasteiger partial charge on any atom is 0.243 e. The number of amides is 1. The van der Waals surface area contributed by atoms with E-state index in [1.165, 1.54) is 16.4 Å². The SMILES string of the molecule is O=C(C[C@H]1CCCCN1S(=O)(=O)c1ccc(F)cc1)Nc1ccc(Cl)cc1. The Bertz CT molecular complexity index is 902. The van der Waals surface area contributed by atoms with Crippen LogP contribution in [0, 0.1) is 5.82 Å². The van der Waals surface area contributed by atoms with E-state index in [1.807, 2.05) is 0 Å². The molecular formula is C19H20ClFN2O3S. The maximum absolute atomic E-state index is 13.1. The van der Waals surface area contributed by atoms with Crippen molar-refractivity contribution in [2.75, 3.05) is 11.9 Å². The van der Waals surface area contributed by atoms with Gasteiger partial charge in [0.2, 0.25) is 15.9 Å². The number of piperidine rings is 1. The van der Waals surface area contributed by atoms with Crippen molar-refractivity contribution in [2.24, 2.45) is 0 Å². The van der Waals surface area contributed by atoms with Crippen LogP contribution in [0.2, 0.25) is 5.02 Å². The van der Waals surface area contributed by atoms with Crippen molar-refractivity contribution in [2.45, 2.75) is 36.6 Å². The number of carbonyl (C=O) groups is 1. The number of carbonyl (C=O) groups excluding carboxylic acids is 1. The van der Waals surface area contributed by atoms with Gasteiger partial charge in [-0.15, -0.1) is 0 Å². The Labute approximate surface area is 163 Å². The van der Waals surface area contributed by atoms with Gasteiger partial charge >= 0.3 is 0 Å². The monoisotopic (exact) mass is 410 g/mol. The number of benzene rings is 2. The fourth-order valence-corrected chi connectivity index (χ4v) is 5.01. The zero-order chi connectivity index (χ0) is 19.4. The van der Waals surface area contributed by atoms with Gasteiger partial charge in [0, 0.05) is 29.7 Å². The fraction of sp³-hybridized carbons (Fsp3) is 0.316. The lowest BCUT2D eigenvalue weighted by Crippen LogP contribution is -2.45. The van der Waals surface area contributed by atoms with Crippen molar-refractivity contribution >= 4 is 33.2 Å². The summed E-state index contributed by atoms with van der Waals surface area (Å²) in [4.78, 5) is 12.4. The average Bonchev–Trinajstić information content (AvgIpc) is 2.64. The number of nitrogens with one attached hydrogen (secondary N) is 1. The number of anilines is 1. The van der Waals surface area contributed by atoms with Gasteiger partial charge < -0.3 is 5.32 Å². The Balaban J connectivity index is 1.73. The molecule has 0 aromatic heterocycles. The van der Waals surface area contributed by atoms with Crippen LogP contribution in [0.5, 0.6) is 0 Å². The molecule has 0 aliphatic carbocycles. The molecule has 27 heavy (non-hydrogen) atoms. The normalized spacial score (nSPS) is 18.2. The number of halogens is 2. The molecule has 1 amide bonds. The first-order valence-corrected chi connectivity index (χ1v) is 10.5. The van der Waals surface area contributed by atoms with Crippen LogP contribution in [0.25, 0.3) is 0 Å². The third-order valence-corrected chi connectivity index (χ3v) is 6.76. The summed E-state index contributed by atoms with van der Waals surface area (Å²) < 4.78 is 40.4. The molecule has 1 heterocycles. The summed E-state index contributed by atoms with van der Waals surface area (Å²) in [7, 11) is -3.78. The summed E-state index contributed by atoms with van der Waals surface area (Å²) in [6, 6.07) is 11.0. The van der Waals surface area contributed by atoms with Crippen LogP contribution in [0.4, 0.5) is 10.1 Å². The molecule has 8 heteroatoms. The van der Waals surface area contributed by atoms with Crippen LogP contribution >= 0.6 is 11.6 Å². The highest BCUT2D eigenvalue weighted by Crippen LogP contribution is 2.27. The second kappa shape index (κ2) is 8.37. The molecule has 1 N–H and O–H groups in total. The maximum atomic E-state index is 13.1. The summed E-state index contributed by atoms with van der Waals surface area (Å²) in [5.41, 5.74) is 0.605. The molecule has 144 valence electrons. The van der Waals surface area contributed by atoms with Gasteiger partial charge in [-0.3, -0.25) is 4.79 Å². The molecular weight excluding hydrogens is 391 g/mol. The number of sulfonamides is 1. The van der Waals surface area contributed by atoms with Gasteiger partial charge in [-0.2, -0.15) is 4.31 Å². The third kappa shape index (κ3) is 4.86. The van der Waals surface area contributed by atoms with E-state index < -0.39 is 21.9 Å². The van der Waals surface area contributed by atoms with Gasteiger partial charge in [-0.1, -0.05) is 18.0 Å². The zero-order valence-electron chi connectivity index (χ0n) is 14.6. The number of hydrogen-bond acceptors (Lipinski definition) is 3. The molecule has 1 aliphatic rings. The first-order valence-electron chi connectivity index (χ1n) is 8.69. The molecule has 0 radical (unpaired) electrons. The highest BCUT2D eigenvalue weighted by atomic mass is 35.5. The Morgan fingerprint density at radius 2 is 1.78 bits per heavy atom. The lowest BCUT2D eigenvalue weighted by molar-refractivity contribution is -0.117. The second-order valence-corrected chi connectivity index (χ2v) is 8.81. The molecule has 2 aromatic carbocycles. The van der Waals surface area contributed by atoms with Gasteiger partial charge in [0.15, 0.2) is 0 Å². The lowest BCUT2D eigenvalue weighted by atomic mass is 10.0. The molecule has 5 nitrogen and oxygen atoms in total. The van der Waals surface area contributed by atoms with Gasteiger partial charge in [0.05, 0.1) is 4.90 Å². The summed E-state index contributed by atoms with van der Waals surface area (Å²) in [5.74, 6) is -0.755. The van der Waals surface area contributed by atoms with Gasteiger partial charge in [0.25, 0.3) is 0 Å². The molecule has 1 atom stereocenters. The molecule has 0 spiro atoms. The van der Waals surface area contributed by atoms with Crippen molar-refractivity contribution in [3.63, 3.8) is 0 Å². The van der Waals surface area contributed by atoms with Crippen LogP contribution in [-0.2, 0) is 14.8 Å². The molecule has 2 aromatic rings. The molecule has 1 saturated heterocycles. The van der Waals surface area contributed by atoms with Crippen LogP contribution in [-0.4, -0.2) is 31.2 Å². The molecule has 0 unspecified atom stereocenters. The standard InChI is InChI=1S/C19H20ClFN2O3S/c20-14-4-8-16(9-5-14)22-19(24)13-17-3-1-2-12-23(17)27(25,26)18-10-6-15(21)7-11-18/h4-11,17H,1-3,12-13H2,(H,22,24)/t17-/m1/s1. The van der Waals surface area contributed by atoms with Crippen LogP contribution in [0.3, 0.4) is 0 Å². The smallest absolute Gasteiger partial charge is 0.243 e. The Morgan fingerprint density at radius 1 is 1.11 bits per heavy atom. The quantitative estimate of drug-likeness (QED) is 0.808. The number of rotatable bonds is 5. The first kappa shape index (κ1) is 19.8. The molecule has 1 aliphatic heterocycles. The highest BCUT2D eigenvalue weighted by molar-refractivity contribution is 7.89. The fourth-order valence-electron chi connectivity index (χ4n) is 3.20. The number of nitrogens with zero attached hydrogens (tertiary/aromatic N) is 1. The van der Waals surface area contributed by atoms with Gasteiger partial charge in [0.1, 0.15) is 5.82 Å². The average molecular weight is 411 g/mol. The van der Waals surface area contributed by atoms with Crippen molar-refractivity contribution in [3.05, 3.63) is 59.4 Å². The summed E-state index contributed by atoms with van der Waals surface area (Å²) >= 11 is 5.83. The van der Waals surface area contributed by atoms with Gasteiger partial charge in [-0.25, -0.2) is 12.8 Å². The van der Waals surface area contributed by atoms with E-state index in [0.29, 0.717) is 23.7 Å². The summed E-state index contributed by atoms with van der Waals surface area (Å²) in [6.45, 7) is 0.346. The first-order chi connectivity index (χ1) is 12.9. The molecule has 1 fully saturated rings. The van der Waals surface area contributed by atoms with Crippen molar-refractivity contribution in [3.8, 4) is 0 Å². The van der Waals surface area contributed by atoms with Crippen molar-refractivity contribution in [1.29, 1.82) is 0 Å². The third-order valence-electron chi connectivity index (χ3n) is 4.54. The predicted molar refractivity (Wildman–Crippen MR) is 103 cm³/mol. The summed E-state index contributed by atoms with van der Waals surface area (Å²) in [5, 5.41) is 3.33. The van der Waals surface area contributed by atoms with E-state index in [0.717, 1.165) is 25.0 Å². The minimum absolute atomic E-state index is 0.0360. The van der Waals surface area contributed by atoms with E-state index in [9.17, 15) is 17.6 Å². The van der Waals surface area contributed by atoms with E-state index in [2.05, 4.69) is 5.32 Å². The van der Waals surface area contributed by atoms with Crippen molar-refractivity contribution in [1.82, 2.24) is 4.31 Å². The van der Waals surface area contributed by atoms with Crippen LogP contribution in [0.15, 0.2) is 53.4 Å². The Kier molecular flexibility index (Phi) is 6.14. The molecule has 3 rings (SSSR count). The minimum atomic E-state index is -3.78. The van der Waals surface area contributed by atoms with Crippen molar-refractivity contribution < 1.29 is 17.6 Å². The largest absolute Gasteiger partial charge is 0.326 e. The van der Waals surface area contributed by atoms with Gasteiger partial charge in [-0.05, 0) is 61.4 Å². The highest BCUT2D eigenvalue weighted by Gasteiger charge is 2.34. The topological polar surface area (TPSA) is 66.5 Å². The zero-order valence-corrected chi connectivity index (χ0v) is 16.1. The Morgan fingerprint density at radius 3 is 2.44 bits per heavy atom. The second-order valence-electron chi connectivity index (χ2n) is 6.48.